The van der Waals surface area contributed by atoms with Gasteiger partial charge in [0.2, 0.25) is 0 Å². The van der Waals surface area contributed by atoms with Gasteiger partial charge < -0.3 is 15.0 Å². The molecule has 0 aliphatic carbocycles. The number of rotatable bonds is 4. The number of aromatic nitrogens is 1. The number of hydrogen-bond acceptors (Lipinski definition) is 3. The zero-order chi connectivity index (χ0) is 13.8. The second kappa shape index (κ2) is 5.93. The van der Waals surface area contributed by atoms with Crippen LogP contribution in [-0.2, 0) is 6.54 Å². The smallest absolute Gasteiger partial charge is 0.265 e. The van der Waals surface area contributed by atoms with E-state index in [0.29, 0.717) is 23.3 Å². The molecule has 0 amide bonds. The van der Waals surface area contributed by atoms with Crippen molar-refractivity contribution in [3.63, 3.8) is 0 Å². The molecule has 1 heterocycles. The first kappa shape index (κ1) is 13.7. The van der Waals surface area contributed by atoms with Gasteiger partial charge in [0.1, 0.15) is 12.4 Å². The molecule has 1 aromatic carbocycles. The lowest BCUT2D eigenvalue weighted by molar-refractivity contribution is 0.296. The fraction of sp³-hybridized carbons (Fsp3) is 0.214. The normalized spacial score (nSPS) is 10.4. The van der Waals surface area contributed by atoms with Gasteiger partial charge in [-0.15, -0.1) is 0 Å². The molecule has 0 aliphatic rings. The average molecular weight is 323 g/mol. The number of ether oxygens (including phenoxy) is 1. The monoisotopic (exact) mass is 322 g/mol. The van der Waals surface area contributed by atoms with Crippen LogP contribution in [0.5, 0.6) is 5.75 Å². The minimum absolute atomic E-state index is 0.0941. The Bertz CT molecular complexity index is 623. The van der Waals surface area contributed by atoms with Crippen molar-refractivity contribution >= 4 is 21.6 Å². The molecule has 0 saturated carbocycles. The van der Waals surface area contributed by atoms with Crippen molar-refractivity contribution < 1.29 is 4.74 Å². The SMILES string of the molecule is Cc1c(N)cn(CCOc2ccccc2)c(=O)c1Br. The summed E-state index contributed by atoms with van der Waals surface area (Å²) in [5.41, 5.74) is 7.11. The van der Waals surface area contributed by atoms with E-state index in [1.165, 1.54) is 0 Å². The zero-order valence-electron chi connectivity index (χ0n) is 10.6. The van der Waals surface area contributed by atoms with Gasteiger partial charge in [0.05, 0.1) is 16.7 Å². The number of hydrogen-bond donors (Lipinski definition) is 1. The summed E-state index contributed by atoms with van der Waals surface area (Å²) in [5.74, 6) is 0.787. The van der Waals surface area contributed by atoms with Gasteiger partial charge in [-0.3, -0.25) is 4.79 Å². The molecule has 0 bridgehead atoms. The lowest BCUT2D eigenvalue weighted by Crippen LogP contribution is -2.24. The molecule has 2 N–H and O–H groups in total. The van der Waals surface area contributed by atoms with Crippen LogP contribution in [-0.4, -0.2) is 11.2 Å². The summed E-state index contributed by atoms with van der Waals surface area (Å²) in [5, 5.41) is 0. The van der Waals surface area contributed by atoms with E-state index in [-0.39, 0.29) is 5.56 Å². The van der Waals surface area contributed by atoms with Crippen molar-refractivity contribution in [3.05, 3.63) is 56.9 Å². The van der Waals surface area contributed by atoms with Gasteiger partial charge in [0.25, 0.3) is 5.56 Å². The second-order valence-electron chi connectivity index (χ2n) is 4.18. The van der Waals surface area contributed by atoms with Gasteiger partial charge in [0.15, 0.2) is 0 Å². The van der Waals surface area contributed by atoms with Gasteiger partial charge in [0, 0.05) is 6.20 Å². The minimum Gasteiger partial charge on any atom is -0.492 e. The highest BCUT2D eigenvalue weighted by atomic mass is 79.9. The summed E-state index contributed by atoms with van der Waals surface area (Å²) in [6.45, 7) is 2.68. The predicted molar refractivity (Wildman–Crippen MR) is 79.5 cm³/mol. The third-order valence-electron chi connectivity index (χ3n) is 2.85. The minimum atomic E-state index is -0.0941. The van der Waals surface area contributed by atoms with E-state index < -0.39 is 0 Å². The number of halogens is 1. The molecule has 0 spiro atoms. The molecule has 0 unspecified atom stereocenters. The van der Waals surface area contributed by atoms with Crippen LogP contribution in [0.25, 0.3) is 0 Å². The van der Waals surface area contributed by atoms with Crippen molar-refractivity contribution in [1.82, 2.24) is 4.57 Å². The maximum absolute atomic E-state index is 12.0. The Labute approximate surface area is 119 Å². The van der Waals surface area contributed by atoms with Crippen LogP contribution in [0.3, 0.4) is 0 Å². The van der Waals surface area contributed by atoms with Crippen LogP contribution in [0.4, 0.5) is 5.69 Å². The Balaban J connectivity index is 2.07. The highest BCUT2D eigenvalue weighted by molar-refractivity contribution is 9.10. The lowest BCUT2D eigenvalue weighted by Gasteiger charge is -2.11. The van der Waals surface area contributed by atoms with E-state index in [4.69, 9.17) is 10.5 Å². The number of nitrogens with zero attached hydrogens (tertiary/aromatic N) is 1. The third-order valence-corrected chi connectivity index (χ3v) is 3.78. The van der Waals surface area contributed by atoms with Crippen molar-refractivity contribution in [2.45, 2.75) is 13.5 Å². The topological polar surface area (TPSA) is 57.2 Å². The van der Waals surface area contributed by atoms with E-state index in [0.717, 1.165) is 11.3 Å². The Hall–Kier alpha value is -1.75. The number of para-hydroxylation sites is 1. The molecule has 4 nitrogen and oxygen atoms in total. The predicted octanol–water partition coefficient (Wildman–Crippen LogP) is 2.58. The highest BCUT2D eigenvalue weighted by Gasteiger charge is 2.08. The number of benzene rings is 1. The molecule has 1 aromatic heterocycles. The van der Waals surface area contributed by atoms with E-state index in [1.54, 1.807) is 10.8 Å². The first-order valence-electron chi connectivity index (χ1n) is 5.92. The number of nitrogen functional groups attached to an aromatic ring is 1. The van der Waals surface area contributed by atoms with Crippen LogP contribution in [0.2, 0.25) is 0 Å². The summed E-state index contributed by atoms with van der Waals surface area (Å²) >= 11 is 3.26. The van der Waals surface area contributed by atoms with Crippen LogP contribution in [0.1, 0.15) is 5.56 Å². The molecular formula is C14H15BrN2O2. The summed E-state index contributed by atoms with van der Waals surface area (Å²) in [6.07, 6.45) is 1.65. The third kappa shape index (κ3) is 3.17. The summed E-state index contributed by atoms with van der Waals surface area (Å²) in [4.78, 5) is 12.0. The Morgan fingerprint density at radius 1 is 1.32 bits per heavy atom. The summed E-state index contributed by atoms with van der Waals surface area (Å²) in [6, 6.07) is 9.49. The zero-order valence-corrected chi connectivity index (χ0v) is 12.2. The Morgan fingerprint density at radius 3 is 2.68 bits per heavy atom. The van der Waals surface area contributed by atoms with Crippen molar-refractivity contribution in [3.8, 4) is 5.75 Å². The van der Waals surface area contributed by atoms with Crippen LogP contribution < -0.4 is 16.0 Å². The van der Waals surface area contributed by atoms with Gasteiger partial charge in [-0.25, -0.2) is 0 Å². The largest absolute Gasteiger partial charge is 0.492 e. The number of pyridine rings is 1. The van der Waals surface area contributed by atoms with Crippen LogP contribution >= 0.6 is 15.9 Å². The maximum atomic E-state index is 12.0. The molecule has 100 valence electrons. The average Bonchev–Trinajstić information content (AvgIpc) is 2.43. The summed E-state index contributed by atoms with van der Waals surface area (Å²) in [7, 11) is 0. The highest BCUT2D eigenvalue weighted by Crippen LogP contribution is 2.17. The maximum Gasteiger partial charge on any atom is 0.265 e. The Morgan fingerprint density at radius 2 is 2.00 bits per heavy atom. The number of anilines is 1. The fourth-order valence-electron chi connectivity index (χ4n) is 1.68. The second-order valence-corrected chi connectivity index (χ2v) is 4.98. The van der Waals surface area contributed by atoms with Crippen LogP contribution in [0.15, 0.2) is 45.8 Å². The fourth-order valence-corrected chi connectivity index (χ4v) is 2.14. The molecule has 19 heavy (non-hydrogen) atoms. The molecular weight excluding hydrogens is 308 g/mol. The molecule has 5 heteroatoms. The van der Waals surface area contributed by atoms with E-state index >= 15 is 0 Å². The lowest BCUT2D eigenvalue weighted by atomic mass is 10.2. The molecule has 0 radical (unpaired) electrons. The van der Waals surface area contributed by atoms with Gasteiger partial charge in [-0.2, -0.15) is 0 Å². The summed E-state index contributed by atoms with van der Waals surface area (Å²) < 4.78 is 7.62. The van der Waals surface area contributed by atoms with Gasteiger partial charge in [-0.05, 0) is 40.5 Å². The molecule has 0 fully saturated rings. The van der Waals surface area contributed by atoms with E-state index in [1.807, 2.05) is 37.3 Å². The molecule has 0 aliphatic heterocycles. The molecule has 2 rings (SSSR count). The van der Waals surface area contributed by atoms with Gasteiger partial charge in [-0.1, -0.05) is 18.2 Å². The van der Waals surface area contributed by atoms with Crippen molar-refractivity contribution in [2.75, 3.05) is 12.3 Å². The molecule has 0 saturated heterocycles. The molecule has 2 aromatic rings. The van der Waals surface area contributed by atoms with Gasteiger partial charge >= 0.3 is 0 Å². The Kier molecular flexibility index (Phi) is 4.27. The first-order chi connectivity index (χ1) is 9.09. The molecule has 0 atom stereocenters. The van der Waals surface area contributed by atoms with Crippen molar-refractivity contribution in [2.24, 2.45) is 0 Å². The first-order valence-corrected chi connectivity index (χ1v) is 6.71. The van der Waals surface area contributed by atoms with Crippen LogP contribution in [0, 0.1) is 6.92 Å². The number of nitrogens with two attached hydrogens (primary N) is 1. The quantitative estimate of drug-likeness (QED) is 0.941. The van der Waals surface area contributed by atoms with E-state index in [2.05, 4.69) is 15.9 Å². The van der Waals surface area contributed by atoms with Crippen molar-refractivity contribution in [1.29, 1.82) is 0 Å². The van der Waals surface area contributed by atoms with E-state index in [9.17, 15) is 4.79 Å². The standard InChI is InChI=1S/C14H15BrN2O2/c1-10-12(16)9-17(14(18)13(10)15)7-8-19-11-5-3-2-4-6-11/h2-6,9H,7-8,16H2,1H3.